The lowest BCUT2D eigenvalue weighted by atomic mass is 10.1. The fourth-order valence-corrected chi connectivity index (χ4v) is 3.10. The maximum absolute atomic E-state index is 12.7. The lowest BCUT2D eigenvalue weighted by Crippen LogP contribution is -2.37. The zero-order valence-corrected chi connectivity index (χ0v) is 14.2. The first kappa shape index (κ1) is 17.5. The van der Waals surface area contributed by atoms with Gasteiger partial charge in [-0.3, -0.25) is 14.7 Å². The fraction of sp³-hybridized carbons (Fsp3) is 0.368. The zero-order valence-electron chi connectivity index (χ0n) is 14.2. The van der Waals surface area contributed by atoms with Gasteiger partial charge in [0.05, 0.1) is 6.10 Å². The number of aliphatic hydroxyl groups excluding tert-OH is 1. The minimum absolute atomic E-state index is 0.0478. The first-order valence-electron chi connectivity index (χ1n) is 8.53. The van der Waals surface area contributed by atoms with Crippen LogP contribution in [0.2, 0.25) is 0 Å². The van der Waals surface area contributed by atoms with Gasteiger partial charge in [0.15, 0.2) is 0 Å². The van der Waals surface area contributed by atoms with Crippen molar-refractivity contribution in [3.63, 3.8) is 0 Å². The number of hydrogen-bond donors (Lipinski definition) is 2. The summed E-state index contributed by atoms with van der Waals surface area (Å²) in [4.78, 5) is 20.6. The second-order valence-electron chi connectivity index (χ2n) is 6.40. The van der Waals surface area contributed by atoms with E-state index in [9.17, 15) is 9.90 Å². The van der Waals surface area contributed by atoms with E-state index in [1.165, 1.54) is 0 Å². The Balaban J connectivity index is 1.64. The van der Waals surface area contributed by atoms with Gasteiger partial charge in [-0.25, -0.2) is 0 Å². The van der Waals surface area contributed by atoms with Crippen LogP contribution in [0, 0.1) is 0 Å². The van der Waals surface area contributed by atoms with Crippen LogP contribution in [0.5, 0.6) is 0 Å². The second-order valence-corrected chi connectivity index (χ2v) is 6.40. The van der Waals surface area contributed by atoms with Crippen LogP contribution in [0.3, 0.4) is 0 Å². The maximum Gasteiger partial charge on any atom is 0.253 e. The summed E-state index contributed by atoms with van der Waals surface area (Å²) >= 11 is 0. The third-order valence-corrected chi connectivity index (χ3v) is 4.47. The van der Waals surface area contributed by atoms with Gasteiger partial charge in [-0.1, -0.05) is 12.1 Å². The molecule has 2 aromatic rings. The quantitative estimate of drug-likeness (QED) is 0.863. The van der Waals surface area contributed by atoms with E-state index in [-0.39, 0.29) is 5.91 Å². The molecule has 0 saturated carbocycles. The number of hydrogen-bond acceptors (Lipinski definition) is 5. The molecular weight excluding hydrogens is 316 g/mol. The third-order valence-electron chi connectivity index (χ3n) is 4.47. The molecule has 0 aliphatic carbocycles. The molecule has 25 heavy (non-hydrogen) atoms. The van der Waals surface area contributed by atoms with Crippen molar-refractivity contribution < 1.29 is 9.90 Å². The van der Waals surface area contributed by atoms with Crippen molar-refractivity contribution in [2.24, 2.45) is 5.73 Å². The Kier molecular flexibility index (Phi) is 5.75. The molecule has 6 nitrogen and oxygen atoms in total. The highest BCUT2D eigenvalue weighted by atomic mass is 16.3. The Morgan fingerprint density at radius 2 is 1.80 bits per heavy atom. The van der Waals surface area contributed by atoms with Crippen LogP contribution in [0.4, 0.5) is 0 Å². The van der Waals surface area contributed by atoms with Gasteiger partial charge in [-0.05, 0) is 35.4 Å². The lowest BCUT2D eigenvalue weighted by Gasteiger charge is -2.22. The van der Waals surface area contributed by atoms with Crippen molar-refractivity contribution in [2.45, 2.75) is 19.2 Å². The molecule has 3 N–H and O–H groups in total. The van der Waals surface area contributed by atoms with Gasteiger partial charge >= 0.3 is 0 Å². The number of nitrogens with zero attached hydrogens (tertiary/aromatic N) is 3. The van der Waals surface area contributed by atoms with Crippen LogP contribution in [0.15, 0.2) is 48.8 Å². The normalized spacial score (nSPS) is 18.8. The third kappa shape index (κ3) is 4.63. The molecule has 1 aromatic heterocycles. The molecule has 1 aliphatic heterocycles. The molecule has 1 aromatic carbocycles. The number of aromatic nitrogens is 1. The van der Waals surface area contributed by atoms with Crippen LogP contribution in [0.25, 0.3) is 0 Å². The summed E-state index contributed by atoms with van der Waals surface area (Å²) < 4.78 is 0. The number of amides is 1. The molecule has 1 amide bonds. The number of nitrogens with two attached hydrogens (primary N) is 1. The summed E-state index contributed by atoms with van der Waals surface area (Å²) in [6.07, 6.45) is 2.98. The van der Waals surface area contributed by atoms with Crippen molar-refractivity contribution >= 4 is 5.91 Å². The topological polar surface area (TPSA) is 82.7 Å². The highest BCUT2D eigenvalue weighted by Gasteiger charge is 2.25. The molecule has 1 atom stereocenters. The predicted molar refractivity (Wildman–Crippen MR) is 95.8 cm³/mol. The monoisotopic (exact) mass is 340 g/mol. The molecule has 132 valence electrons. The molecule has 0 spiro atoms. The molecule has 1 aliphatic rings. The SMILES string of the molecule is NCc1ccc(C(=O)N2CCN(Cc3ccncc3)CC(O)C2)cc1. The Hall–Kier alpha value is -2.28. The minimum Gasteiger partial charge on any atom is -0.390 e. The smallest absolute Gasteiger partial charge is 0.253 e. The zero-order chi connectivity index (χ0) is 17.6. The largest absolute Gasteiger partial charge is 0.390 e. The van der Waals surface area contributed by atoms with Crippen molar-refractivity contribution in [3.8, 4) is 0 Å². The summed E-state index contributed by atoms with van der Waals surface area (Å²) in [5, 5.41) is 10.3. The number of carbonyl (C=O) groups is 1. The van der Waals surface area contributed by atoms with Gasteiger partial charge in [0.2, 0.25) is 0 Å². The van der Waals surface area contributed by atoms with Gasteiger partial charge in [-0.15, -0.1) is 0 Å². The average Bonchev–Trinajstić information content (AvgIpc) is 2.83. The van der Waals surface area contributed by atoms with Gasteiger partial charge < -0.3 is 15.7 Å². The summed E-state index contributed by atoms with van der Waals surface area (Å²) in [6, 6.07) is 11.3. The van der Waals surface area contributed by atoms with E-state index in [0.29, 0.717) is 31.7 Å². The molecule has 1 fully saturated rings. The number of β-amino-alcohol motifs (C(OH)–C–C–N with tert-alkyl or cyclic N) is 1. The predicted octanol–water partition coefficient (Wildman–Crippen LogP) is 0.859. The Morgan fingerprint density at radius 3 is 2.48 bits per heavy atom. The molecule has 6 heteroatoms. The number of benzene rings is 1. The number of pyridine rings is 1. The fourth-order valence-electron chi connectivity index (χ4n) is 3.10. The van der Waals surface area contributed by atoms with Crippen LogP contribution >= 0.6 is 0 Å². The summed E-state index contributed by atoms with van der Waals surface area (Å²) in [7, 11) is 0. The van der Waals surface area contributed by atoms with Gasteiger partial charge in [-0.2, -0.15) is 0 Å². The second kappa shape index (κ2) is 8.20. The Morgan fingerprint density at radius 1 is 1.08 bits per heavy atom. The molecule has 2 heterocycles. The van der Waals surface area contributed by atoms with E-state index in [2.05, 4.69) is 9.88 Å². The van der Waals surface area contributed by atoms with Crippen molar-refractivity contribution in [1.29, 1.82) is 0 Å². The summed E-state index contributed by atoms with van der Waals surface area (Å²) in [6.45, 7) is 3.43. The van der Waals surface area contributed by atoms with Gasteiger partial charge in [0.1, 0.15) is 0 Å². The standard InChI is InChI=1S/C19H24N4O2/c20-11-15-1-3-17(4-2-15)19(25)23-10-9-22(13-18(24)14-23)12-16-5-7-21-8-6-16/h1-8,18,24H,9-14,20H2. The Labute approximate surface area is 147 Å². The number of aliphatic hydroxyl groups is 1. The van der Waals surface area contributed by atoms with Crippen molar-refractivity contribution in [2.75, 3.05) is 26.2 Å². The molecule has 3 rings (SSSR count). The van der Waals surface area contributed by atoms with Crippen LogP contribution < -0.4 is 5.73 Å². The van der Waals surface area contributed by atoms with E-state index < -0.39 is 6.10 Å². The maximum atomic E-state index is 12.7. The minimum atomic E-state index is -0.559. The number of carbonyl (C=O) groups excluding carboxylic acids is 1. The van der Waals surface area contributed by atoms with E-state index in [1.54, 1.807) is 29.4 Å². The molecule has 0 radical (unpaired) electrons. The molecule has 1 unspecified atom stereocenters. The van der Waals surface area contributed by atoms with Gasteiger partial charge in [0, 0.05) is 57.2 Å². The first-order valence-corrected chi connectivity index (χ1v) is 8.53. The first-order chi connectivity index (χ1) is 12.2. The van der Waals surface area contributed by atoms with Crippen molar-refractivity contribution in [3.05, 3.63) is 65.5 Å². The highest BCUT2D eigenvalue weighted by Crippen LogP contribution is 2.13. The average molecular weight is 340 g/mol. The summed E-state index contributed by atoms with van der Waals surface area (Å²) in [5.74, 6) is -0.0478. The van der Waals surface area contributed by atoms with Crippen LogP contribution in [-0.4, -0.2) is 58.1 Å². The molecular formula is C19H24N4O2. The van der Waals surface area contributed by atoms with Crippen LogP contribution in [-0.2, 0) is 13.1 Å². The molecule has 0 bridgehead atoms. The van der Waals surface area contributed by atoms with E-state index in [0.717, 1.165) is 24.2 Å². The highest BCUT2D eigenvalue weighted by molar-refractivity contribution is 5.94. The van der Waals surface area contributed by atoms with E-state index in [4.69, 9.17) is 5.73 Å². The lowest BCUT2D eigenvalue weighted by molar-refractivity contribution is 0.0663. The number of rotatable bonds is 4. The molecule has 1 saturated heterocycles. The van der Waals surface area contributed by atoms with Crippen molar-refractivity contribution in [1.82, 2.24) is 14.8 Å². The van der Waals surface area contributed by atoms with E-state index >= 15 is 0 Å². The Bertz CT molecular complexity index is 690. The van der Waals surface area contributed by atoms with Crippen LogP contribution in [0.1, 0.15) is 21.5 Å². The summed E-state index contributed by atoms with van der Waals surface area (Å²) in [5.41, 5.74) is 8.38. The van der Waals surface area contributed by atoms with E-state index in [1.807, 2.05) is 24.3 Å². The van der Waals surface area contributed by atoms with Gasteiger partial charge in [0.25, 0.3) is 5.91 Å².